The summed E-state index contributed by atoms with van der Waals surface area (Å²) in [4.78, 5) is 23.2. The van der Waals surface area contributed by atoms with Gasteiger partial charge in [0.2, 0.25) is 0 Å². The van der Waals surface area contributed by atoms with Gasteiger partial charge in [-0.15, -0.1) is 0 Å². The van der Waals surface area contributed by atoms with E-state index in [0.717, 1.165) is 4.47 Å². The number of nitrogens with zero attached hydrogens (tertiary/aromatic N) is 3. The van der Waals surface area contributed by atoms with E-state index in [0.29, 0.717) is 9.87 Å². The van der Waals surface area contributed by atoms with Gasteiger partial charge in [0.25, 0.3) is 21.6 Å². The minimum Gasteiger partial charge on any atom is -0.271 e. The summed E-state index contributed by atoms with van der Waals surface area (Å²) >= 11 is 3.32. The summed E-state index contributed by atoms with van der Waals surface area (Å²) in [6, 6.07) is 19.8. The summed E-state index contributed by atoms with van der Waals surface area (Å²) in [5.41, 5.74) is 2.30. The van der Waals surface area contributed by atoms with Gasteiger partial charge in [0, 0.05) is 10.5 Å². The van der Waals surface area contributed by atoms with Crippen molar-refractivity contribution in [2.45, 2.75) is 4.90 Å². The summed E-state index contributed by atoms with van der Waals surface area (Å²) in [6.45, 7) is -0.709. The quantitative estimate of drug-likeness (QED) is 0.277. The van der Waals surface area contributed by atoms with Crippen LogP contribution in [-0.4, -0.2) is 32.0 Å². The summed E-state index contributed by atoms with van der Waals surface area (Å²) in [6.07, 6.45) is 1.39. The zero-order valence-corrected chi connectivity index (χ0v) is 18.9. The van der Waals surface area contributed by atoms with Crippen molar-refractivity contribution in [3.8, 4) is 0 Å². The highest BCUT2D eigenvalue weighted by Gasteiger charge is 2.31. The summed E-state index contributed by atoms with van der Waals surface area (Å²) in [5.74, 6) is -0.768. The van der Waals surface area contributed by atoms with Gasteiger partial charge in [-0.3, -0.25) is 14.9 Å². The van der Waals surface area contributed by atoms with Crippen molar-refractivity contribution in [3.05, 3.63) is 99.0 Å². The smallest absolute Gasteiger partial charge is 0.271 e. The van der Waals surface area contributed by atoms with Crippen LogP contribution in [0.1, 0.15) is 5.56 Å². The van der Waals surface area contributed by atoms with Gasteiger partial charge in [-0.25, -0.2) is 18.1 Å². The Labute approximate surface area is 192 Å². The van der Waals surface area contributed by atoms with E-state index in [4.69, 9.17) is 0 Å². The van der Waals surface area contributed by atoms with Crippen molar-refractivity contribution in [1.29, 1.82) is 0 Å². The molecule has 0 radical (unpaired) electrons. The first-order valence-electron chi connectivity index (χ1n) is 9.18. The first-order chi connectivity index (χ1) is 15.3. The van der Waals surface area contributed by atoms with E-state index >= 15 is 0 Å². The number of nitro benzene ring substituents is 1. The van der Waals surface area contributed by atoms with Crippen LogP contribution in [0.3, 0.4) is 0 Å². The molecule has 0 saturated carbocycles. The van der Waals surface area contributed by atoms with Crippen molar-refractivity contribution >= 4 is 49.4 Å². The number of carbonyl (C=O) groups excluding carboxylic acids is 1. The van der Waals surface area contributed by atoms with Crippen LogP contribution in [0.2, 0.25) is 0 Å². The van der Waals surface area contributed by atoms with E-state index in [9.17, 15) is 23.3 Å². The van der Waals surface area contributed by atoms with E-state index in [2.05, 4.69) is 26.5 Å². The molecule has 0 bridgehead atoms. The molecule has 0 heterocycles. The number of carbonyl (C=O) groups is 1. The normalized spacial score (nSPS) is 11.3. The van der Waals surface area contributed by atoms with Crippen LogP contribution in [0.15, 0.2) is 93.3 Å². The number of para-hydroxylation sites is 2. The number of sulfonamides is 1. The Morgan fingerprint density at radius 3 is 2.31 bits per heavy atom. The number of rotatable bonds is 8. The molecule has 1 N–H and O–H groups in total. The van der Waals surface area contributed by atoms with Crippen LogP contribution in [0.25, 0.3) is 0 Å². The Kier molecular flexibility index (Phi) is 7.33. The van der Waals surface area contributed by atoms with Crippen LogP contribution < -0.4 is 9.73 Å². The molecule has 0 saturated heterocycles. The monoisotopic (exact) mass is 516 g/mol. The zero-order chi connectivity index (χ0) is 23.1. The molecule has 1 amide bonds. The van der Waals surface area contributed by atoms with Gasteiger partial charge in [-0.2, -0.15) is 5.10 Å². The lowest BCUT2D eigenvalue weighted by molar-refractivity contribution is -0.384. The van der Waals surface area contributed by atoms with Gasteiger partial charge in [0.05, 0.1) is 16.0 Å². The molecule has 0 spiro atoms. The van der Waals surface area contributed by atoms with Crippen LogP contribution in [0.4, 0.5) is 11.4 Å². The fraction of sp³-hybridized carbons (Fsp3) is 0.0476. The predicted octanol–water partition coefficient (Wildman–Crippen LogP) is 3.70. The van der Waals surface area contributed by atoms with E-state index in [1.54, 1.807) is 30.3 Å². The Bertz CT molecular complexity index is 1250. The summed E-state index contributed by atoms with van der Waals surface area (Å²) in [7, 11) is -4.28. The topological polar surface area (TPSA) is 122 Å². The molecule has 0 aliphatic carbocycles. The highest BCUT2D eigenvalue weighted by molar-refractivity contribution is 9.10. The zero-order valence-electron chi connectivity index (χ0n) is 16.5. The fourth-order valence-electron chi connectivity index (χ4n) is 2.74. The SMILES string of the molecule is O=C(CN(c1ccccc1[N+](=O)[O-])S(=O)(=O)c1ccccc1)N/N=C\c1ccc(Br)cc1. The molecule has 3 rings (SSSR count). The Morgan fingerprint density at radius 1 is 1.03 bits per heavy atom. The minimum atomic E-state index is -4.28. The summed E-state index contributed by atoms with van der Waals surface area (Å²) < 4.78 is 28.1. The molecule has 0 fully saturated rings. The minimum absolute atomic E-state index is 0.107. The molecule has 3 aromatic rings. The lowest BCUT2D eigenvalue weighted by Crippen LogP contribution is -2.39. The number of halogens is 1. The molecule has 11 heteroatoms. The van der Waals surface area contributed by atoms with E-state index < -0.39 is 33.1 Å². The van der Waals surface area contributed by atoms with Crippen molar-refractivity contribution in [1.82, 2.24) is 5.43 Å². The molecule has 0 aliphatic heterocycles. The van der Waals surface area contributed by atoms with Gasteiger partial charge in [0.1, 0.15) is 12.2 Å². The average Bonchev–Trinajstić information content (AvgIpc) is 2.79. The van der Waals surface area contributed by atoms with Crippen LogP contribution >= 0.6 is 15.9 Å². The average molecular weight is 517 g/mol. The number of anilines is 1. The van der Waals surface area contributed by atoms with Crippen molar-refractivity contribution in [3.63, 3.8) is 0 Å². The second kappa shape index (κ2) is 10.2. The van der Waals surface area contributed by atoms with Crippen molar-refractivity contribution < 1.29 is 18.1 Å². The molecule has 32 heavy (non-hydrogen) atoms. The first kappa shape index (κ1) is 23.1. The first-order valence-corrected chi connectivity index (χ1v) is 11.4. The Morgan fingerprint density at radius 2 is 1.66 bits per heavy atom. The molecule has 0 atom stereocenters. The third kappa shape index (κ3) is 5.56. The number of hydrogen-bond donors (Lipinski definition) is 1. The lowest BCUT2D eigenvalue weighted by atomic mass is 10.2. The molecular formula is C21H17BrN4O5S. The van der Waals surface area contributed by atoms with Gasteiger partial charge < -0.3 is 0 Å². The van der Waals surface area contributed by atoms with Gasteiger partial charge in [-0.1, -0.05) is 58.4 Å². The lowest BCUT2D eigenvalue weighted by Gasteiger charge is -2.23. The third-order valence-electron chi connectivity index (χ3n) is 4.24. The number of nitrogens with one attached hydrogen (secondary N) is 1. The highest BCUT2D eigenvalue weighted by atomic mass is 79.9. The number of benzene rings is 3. The number of amides is 1. The fourth-order valence-corrected chi connectivity index (χ4v) is 4.46. The maximum atomic E-state index is 13.3. The molecule has 0 aromatic heterocycles. The van der Waals surface area contributed by atoms with Gasteiger partial charge >= 0.3 is 0 Å². The van der Waals surface area contributed by atoms with Crippen molar-refractivity contribution in [2.75, 3.05) is 10.8 Å². The number of nitro groups is 1. The molecule has 3 aromatic carbocycles. The summed E-state index contributed by atoms with van der Waals surface area (Å²) in [5, 5.41) is 15.3. The molecule has 9 nitrogen and oxygen atoms in total. The van der Waals surface area contributed by atoms with Crippen LogP contribution in [-0.2, 0) is 14.8 Å². The van der Waals surface area contributed by atoms with E-state index in [1.807, 2.05) is 0 Å². The molecular weight excluding hydrogens is 500 g/mol. The Balaban J connectivity index is 1.90. The van der Waals surface area contributed by atoms with Gasteiger partial charge in [0.15, 0.2) is 0 Å². The third-order valence-corrected chi connectivity index (χ3v) is 6.54. The van der Waals surface area contributed by atoms with Crippen LogP contribution in [0, 0.1) is 10.1 Å². The Hall–Kier alpha value is -3.57. The van der Waals surface area contributed by atoms with Crippen molar-refractivity contribution in [2.24, 2.45) is 5.10 Å². The molecule has 164 valence electrons. The van der Waals surface area contributed by atoms with E-state index in [1.165, 1.54) is 54.7 Å². The predicted molar refractivity (Wildman–Crippen MR) is 124 cm³/mol. The number of hydrazone groups is 1. The second-order valence-corrected chi connectivity index (χ2v) is 9.19. The molecule has 0 aliphatic rings. The highest BCUT2D eigenvalue weighted by Crippen LogP contribution is 2.31. The standard InChI is InChI=1S/C21H17BrN4O5S/c22-17-12-10-16(11-13-17)14-23-24-21(27)15-25(19-8-4-5-9-20(19)26(28)29)32(30,31)18-6-2-1-3-7-18/h1-14H,15H2,(H,24,27)/b23-14-. The van der Waals surface area contributed by atoms with Crippen LogP contribution in [0.5, 0.6) is 0 Å². The maximum Gasteiger partial charge on any atom is 0.293 e. The maximum absolute atomic E-state index is 13.3. The second-order valence-electron chi connectivity index (χ2n) is 6.42. The van der Waals surface area contributed by atoms with E-state index in [-0.39, 0.29) is 10.6 Å². The number of hydrogen-bond acceptors (Lipinski definition) is 6. The van der Waals surface area contributed by atoms with Gasteiger partial charge in [-0.05, 0) is 35.9 Å². The molecule has 0 unspecified atom stereocenters. The largest absolute Gasteiger partial charge is 0.293 e.